The molecule has 2 rings (SSSR count). The Labute approximate surface area is 119 Å². The van der Waals surface area contributed by atoms with Crippen LogP contribution in [0.15, 0.2) is 0 Å². The van der Waals surface area contributed by atoms with Crippen molar-refractivity contribution in [2.24, 2.45) is 5.41 Å². The minimum absolute atomic E-state index is 0.0405. The molecule has 0 bridgehead atoms. The second kappa shape index (κ2) is 6.43. The number of nitrogens with zero attached hydrogens (tertiary/aromatic N) is 1. The van der Waals surface area contributed by atoms with Crippen LogP contribution in [0.2, 0.25) is 0 Å². The lowest BCUT2D eigenvalue weighted by atomic mass is 9.77. The summed E-state index contributed by atoms with van der Waals surface area (Å²) in [6.45, 7) is 1.16. The number of carboxylic acids is 1. The fourth-order valence-electron chi connectivity index (χ4n) is 3.44. The Morgan fingerprint density at radius 2 is 1.75 bits per heavy atom. The first kappa shape index (κ1) is 15.1. The van der Waals surface area contributed by atoms with Gasteiger partial charge in [-0.25, -0.2) is 9.59 Å². The van der Waals surface area contributed by atoms with Crippen molar-refractivity contribution in [2.75, 3.05) is 19.7 Å². The number of hydrogen-bond acceptors (Lipinski definition) is 3. The van der Waals surface area contributed by atoms with Gasteiger partial charge in [-0.15, -0.1) is 0 Å². The van der Waals surface area contributed by atoms with Gasteiger partial charge in [-0.1, -0.05) is 12.8 Å². The first-order valence-electron chi connectivity index (χ1n) is 7.45. The van der Waals surface area contributed by atoms with Crippen molar-refractivity contribution in [3.8, 4) is 0 Å². The van der Waals surface area contributed by atoms with Crippen molar-refractivity contribution in [3.05, 3.63) is 0 Å². The molecule has 1 saturated carbocycles. The van der Waals surface area contributed by atoms with Gasteiger partial charge in [0.15, 0.2) is 0 Å². The van der Waals surface area contributed by atoms with Crippen LogP contribution < -0.4 is 5.32 Å². The molecular weight excluding hydrogens is 260 g/mol. The first-order chi connectivity index (χ1) is 9.56. The molecule has 6 nitrogen and oxygen atoms in total. The summed E-state index contributed by atoms with van der Waals surface area (Å²) in [7, 11) is 0. The van der Waals surface area contributed by atoms with Crippen LogP contribution in [0.5, 0.6) is 0 Å². The third-order valence-corrected chi connectivity index (χ3v) is 4.79. The average molecular weight is 284 g/mol. The highest BCUT2D eigenvalue weighted by molar-refractivity contribution is 5.82. The number of aliphatic carboxylic acids is 1. The van der Waals surface area contributed by atoms with Gasteiger partial charge < -0.3 is 20.4 Å². The molecule has 6 heteroatoms. The standard InChI is InChI=1S/C14H24N2O4/c17-10-3-11(12(18)19)15-13(20)16-8-6-14(7-9-16)4-1-2-5-14/h11,17H,1-10H2,(H,15,20)(H,18,19)/t11-/m1/s1. The molecule has 0 aromatic heterocycles. The number of nitrogens with one attached hydrogen (secondary N) is 1. The van der Waals surface area contributed by atoms with E-state index in [1.165, 1.54) is 25.7 Å². The summed E-state index contributed by atoms with van der Waals surface area (Å²) < 4.78 is 0. The van der Waals surface area contributed by atoms with Gasteiger partial charge in [-0.2, -0.15) is 0 Å². The van der Waals surface area contributed by atoms with Crippen LogP contribution in [0, 0.1) is 5.41 Å². The topological polar surface area (TPSA) is 89.9 Å². The fraction of sp³-hybridized carbons (Fsp3) is 0.857. The summed E-state index contributed by atoms with van der Waals surface area (Å²) in [5, 5.41) is 20.3. The van der Waals surface area contributed by atoms with Crippen LogP contribution in [0.1, 0.15) is 44.9 Å². The van der Waals surface area contributed by atoms with E-state index in [0.29, 0.717) is 18.5 Å². The number of urea groups is 1. The minimum atomic E-state index is -1.10. The van der Waals surface area contributed by atoms with Crippen molar-refractivity contribution < 1.29 is 19.8 Å². The number of piperidine rings is 1. The first-order valence-corrected chi connectivity index (χ1v) is 7.45. The van der Waals surface area contributed by atoms with E-state index in [9.17, 15) is 9.59 Å². The third kappa shape index (κ3) is 3.42. The normalized spacial score (nSPS) is 22.8. The number of likely N-dealkylation sites (tertiary alicyclic amines) is 1. The highest BCUT2D eigenvalue weighted by atomic mass is 16.4. The smallest absolute Gasteiger partial charge is 0.326 e. The number of hydrogen-bond donors (Lipinski definition) is 3. The molecule has 114 valence electrons. The van der Waals surface area contributed by atoms with Gasteiger partial charge in [0.25, 0.3) is 0 Å². The molecule has 1 aliphatic heterocycles. The van der Waals surface area contributed by atoms with E-state index < -0.39 is 12.0 Å². The van der Waals surface area contributed by atoms with Gasteiger partial charge in [0.2, 0.25) is 0 Å². The molecule has 1 aliphatic carbocycles. The van der Waals surface area contributed by atoms with Crippen LogP contribution in [-0.2, 0) is 4.79 Å². The maximum atomic E-state index is 12.1. The maximum Gasteiger partial charge on any atom is 0.326 e. The third-order valence-electron chi connectivity index (χ3n) is 4.79. The second-order valence-corrected chi connectivity index (χ2v) is 6.05. The number of carboxylic acid groups (broad SMARTS) is 1. The van der Waals surface area contributed by atoms with E-state index in [2.05, 4.69) is 5.32 Å². The van der Waals surface area contributed by atoms with Gasteiger partial charge in [-0.3, -0.25) is 0 Å². The molecule has 0 aromatic carbocycles. The van der Waals surface area contributed by atoms with Crippen molar-refractivity contribution in [2.45, 2.75) is 51.0 Å². The lowest BCUT2D eigenvalue weighted by Crippen LogP contribution is -2.51. The van der Waals surface area contributed by atoms with Crippen LogP contribution >= 0.6 is 0 Å². The van der Waals surface area contributed by atoms with Crippen molar-refractivity contribution in [1.82, 2.24) is 10.2 Å². The quantitative estimate of drug-likeness (QED) is 0.723. The van der Waals surface area contributed by atoms with E-state index in [1.807, 2.05) is 0 Å². The van der Waals surface area contributed by atoms with Gasteiger partial charge in [-0.05, 0) is 31.1 Å². The fourth-order valence-corrected chi connectivity index (χ4v) is 3.44. The molecule has 2 amide bonds. The Morgan fingerprint density at radius 3 is 2.25 bits per heavy atom. The monoisotopic (exact) mass is 284 g/mol. The predicted molar refractivity (Wildman–Crippen MR) is 73.4 cm³/mol. The Morgan fingerprint density at radius 1 is 1.15 bits per heavy atom. The number of rotatable bonds is 4. The molecule has 3 N–H and O–H groups in total. The molecule has 0 unspecified atom stereocenters. The summed E-state index contributed by atoms with van der Waals surface area (Å²) in [6.07, 6.45) is 7.22. The van der Waals surface area contributed by atoms with Crippen LogP contribution in [0.3, 0.4) is 0 Å². The van der Waals surface area contributed by atoms with E-state index in [0.717, 1.165) is 12.8 Å². The van der Waals surface area contributed by atoms with Crippen LogP contribution in [-0.4, -0.2) is 52.9 Å². The van der Waals surface area contributed by atoms with E-state index in [-0.39, 0.29) is 19.1 Å². The summed E-state index contributed by atoms with van der Waals surface area (Å²) >= 11 is 0. The van der Waals surface area contributed by atoms with Crippen LogP contribution in [0.4, 0.5) is 4.79 Å². The number of aliphatic hydroxyl groups is 1. The average Bonchev–Trinajstić information content (AvgIpc) is 2.87. The number of amides is 2. The summed E-state index contributed by atoms with van der Waals surface area (Å²) in [5.74, 6) is -1.10. The van der Waals surface area contributed by atoms with E-state index in [1.54, 1.807) is 4.90 Å². The Balaban J connectivity index is 1.83. The SMILES string of the molecule is O=C(O)[C@@H](CCO)NC(=O)N1CCC2(CCCC2)CC1. The van der Waals surface area contributed by atoms with Crippen molar-refractivity contribution in [3.63, 3.8) is 0 Å². The van der Waals surface area contributed by atoms with Crippen molar-refractivity contribution in [1.29, 1.82) is 0 Å². The largest absolute Gasteiger partial charge is 0.480 e. The van der Waals surface area contributed by atoms with Crippen LogP contribution in [0.25, 0.3) is 0 Å². The zero-order chi connectivity index (χ0) is 14.6. The van der Waals surface area contributed by atoms with Gasteiger partial charge in [0.1, 0.15) is 6.04 Å². The molecule has 1 atom stereocenters. The lowest BCUT2D eigenvalue weighted by Gasteiger charge is -2.39. The van der Waals surface area contributed by atoms with E-state index in [4.69, 9.17) is 10.2 Å². The summed E-state index contributed by atoms with van der Waals surface area (Å²) in [6, 6.07) is -1.33. The Hall–Kier alpha value is -1.30. The zero-order valence-corrected chi connectivity index (χ0v) is 11.8. The molecule has 1 saturated heterocycles. The molecule has 2 fully saturated rings. The summed E-state index contributed by atoms with van der Waals surface area (Å²) in [4.78, 5) is 24.7. The number of carbonyl (C=O) groups is 2. The maximum absolute atomic E-state index is 12.1. The molecule has 1 spiro atoms. The predicted octanol–water partition coefficient (Wildman–Crippen LogP) is 1.19. The second-order valence-electron chi connectivity index (χ2n) is 6.05. The Kier molecular flexibility index (Phi) is 4.86. The van der Waals surface area contributed by atoms with E-state index >= 15 is 0 Å². The lowest BCUT2D eigenvalue weighted by molar-refractivity contribution is -0.139. The number of carbonyl (C=O) groups excluding carboxylic acids is 1. The molecule has 1 heterocycles. The van der Waals surface area contributed by atoms with Gasteiger partial charge >= 0.3 is 12.0 Å². The van der Waals surface area contributed by atoms with Gasteiger partial charge in [0, 0.05) is 26.1 Å². The minimum Gasteiger partial charge on any atom is -0.480 e. The molecule has 20 heavy (non-hydrogen) atoms. The molecule has 0 radical (unpaired) electrons. The van der Waals surface area contributed by atoms with Crippen molar-refractivity contribution >= 4 is 12.0 Å². The summed E-state index contributed by atoms with van der Waals surface area (Å²) in [5.41, 5.74) is 0.439. The molecular formula is C14H24N2O4. The Bertz CT molecular complexity index is 356. The van der Waals surface area contributed by atoms with Gasteiger partial charge in [0.05, 0.1) is 0 Å². The number of aliphatic hydroxyl groups excluding tert-OH is 1. The highest BCUT2D eigenvalue weighted by Gasteiger charge is 2.38. The highest BCUT2D eigenvalue weighted by Crippen LogP contribution is 2.46. The molecule has 0 aromatic rings. The zero-order valence-electron chi connectivity index (χ0n) is 11.8. The molecule has 2 aliphatic rings.